The van der Waals surface area contributed by atoms with Gasteiger partial charge in [-0.1, -0.05) is 11.6 Å². The Morgan fingerprint density at radius 3 is 2.65 bits per heavy atom. The van der Waals surface area contributed by atoms with Crippen molar-refractivity contribution in [3.63, 3.8) is 0 Å². The maximum atomic E-state index is 12.1. The van der Waals surface area contributed by atoms with E-state index in [2.05, 4.69) is 9.46 Å². The van der Waals surface area contributed by atoms with E-state index in [1.807, 2.05) is 0 Å². The molecule has 0 heterocycles. The molecule has 0 unspecified atom stereocenters. The number of benzene rings is 1. The second kappa shape index (κ2) is 6.92. The minimum absolute atomic E-state index is 0.00644. The van der Waals surface area contributed by atoms with Crippen LogP contribution in [0.25, 0.3) is 0 Å². The molecule has 1 N–H and O–H groups in total. The van der Waals surface area contributed by atoms with E-state index in [4.69, 9.17) is 11.6 Å². The van der Waals surface area contributed by atoms with Gasteiger partial charge in [0, 0.05) is 18.6 Å². The molecule has 0 aromatic heterocycles. The fraction of sp³-hybridized carbons (Fsp3) is 0.417. The number of methoxy groups -OCH3 is 1. The molecule has 6 nitrogen and oxygen atoms in total. The minimum Gasteiger partial charge on any atom is -0.469 e. The van der Waals surface area contributed by atoms with Crippen LogP contribution in [0.1, 0.15) is 12.0 Å². The van der Waals surface area contributed by atoms with Gasteiger partial charge in [0.1, 0.15) is 0 Å². The van der Waals surface area contributed by atoms with E-state index < -0.39 is 16.2 Å². The quantitative estimate of drug-likeness (QED) is 0.811. The standard InChI is InChI=1S/C12H17ClN2O4S/c1-9-8-10(13)4-5-11(9)14-20(17,18)15(2)7-6-12(16)19-3/h4-5,8,14H,6-7H2,1-3H3. The molecular weight excluding hydrogens is 304 g/mol. The van der Waals surface area contributed by atoms with Crippen LogP contribution >= 0.6 is 11.6 Å². The van der Waals surface area contributed by atoms with Crippen LogP contribution in [0.2, 0.25) is 5.02 Å². The largest absolute Gasteiger partial charge is 0.469 e. The molecule has 0 saturated carbocycles. The maximum absolute atomic E-state index is 12.1. The summed E-state index contributed by atoms with van der Waals surface area (Å²) in [6.45, 7) is 1.78. The third-order valence-electron chi connectivity index (χ3n) is 2.70. The highest BCUT2D eigenvalue weighted by molar-refractivity contribution is 7.90. The molecule has 8 heteroatoms. The fourth-order valence-electron chi connectivity index (χ4n) is 1.43. The normalized spacial score (nSPS) is 11.4. The summed E-state index contributed by atoms with van der Waals surface area (Å²) in [7, 11) is -1.08. The van der Waals surface area contributed by atoms with E-state index in [1.54, 1.807) is 25.1 Å². The van der Waals surface area contributed by atoms with Crippen molar-refractivity contribution in [2.75, 3.05) is 25.4 Å². The van der Waals surface area contributed by atoms with Crippen molar-refractivity contribution >= 4 is 33.5 Å². The summed E-state index contributed by atoms with van der Waals surface area (Å²) < 4.78 is 32.1. The van der Waals surface area contributed by atoms with Gasteiger partial charge in [0.25, 0.3) is 0 Å². The van der Waals surface area contributed by atoms with Gasteiger partial charge in [0.2, 0.25) is 0 Å². The van der Waals surface area contributed by atoms with Gasteiger partial charge in [-0.15, -0.1) is 0 Å². The molecule has 20 heavy (non-hydrogen) atoms. The van der Waals surface area contributed by atoms with Gasteiger partial charge in [-0.25, -0.2) is 0 Å². The van der Waals surface area contributed by atoms with Gasteiger partial charge < -0.3 is 4.74 Å². The first-order valence-corrected chi connectivity index (χ1v) is 7.65. The predicted molar refractivity (Wildman–Crippen MR) is 78.0 cm³/mol. The number of carbonyl (C=O) groups excluding carboxylic acids is 1. The zero-order valence-electron chi connectivity index (χ0n) is 11.5. The molecule has 0 aliphatic carbocycles. The lowest BCUT2D eigenvalue weighted by atomic mass is 10.2. The van der Waals surface area contributed by atoms with Gasteiger partial charge in [0.15, 0.2) is 0 Å². The number of anilines is 1. The second-order valence-corrected chi connectivity index (χ2v) is 6.43. The molecule has 0 spiro atoms. The summed E-state index contributed by atoms with van der Waals surface area (Å²) in [5, 5.41) is 0.532. The predicted octanol–water partition coefficient (Wildman–Crippen LogP) is 1.80. The highest BCUT2D eigenvalue weighted by Crippen LogP contribution is 2.21. The first kappa shape index (κ1) is 16.7. The first-order chi connectivity index (χ1) is 9.26. The van der Waals surface area contributed by atoms with E-state index in [0.717, 1.165) is 4.31 Å². The molecule has 0 aliphatic rings. The third kappa shape index (κ3) is 4.66. The number of carbonyl (C=O) groups is 1. The number of esters is 1. The van der Waals surface area contributed by atoms with Crippen molar-refractivity contribution in [3.05, 3.63) is 28.8 Å². The van der Waals surface area contributed by atoms with Crippen LogP contribution in [0.4, 0.5) is 5.69 Å². The van der Waals surface area contributed by atoms with Crippen LogP contribution in [0.5, 0.6) is 0 Å². The van der Waals surface area contributed by atoms with Crippen LogP contribution < -0.4 is 4.72 Å². The van der Waals surface area contributed by atoms with Gasteiger partial charge in [-0.3, -0.25) is 9.52 Å². The smallest absolute Gasteiger partial charge is 0.306 e. The molecule has 0 aliphatic heterocycles. The van der Waals surface area contributed by atoms with Gasteiger partial charge in [-0.05, 0) is 30.7 Å². The van der Waals surface area contributed by atoms with Crippen molar-refractivity contribution in [1.29, 1.82) is 0 Å². The van der Waals surface area contributed by atoms with Crippen molar-refractivity contribution < 1.29 is 17.9 Å². The Bertz CT molecular complexity index is 589. The maximum Gasteiger partial charge on any atom is 0.306 e. The number of aryl methyl sites for hydroxylation is 1. The van der Waals surface area contributed by atoms with Crippen LogP contribution in [-0.2, 0) is 19.7 Å². The Balaban J connectivity index is 2.76. The van der Waals surface area contributed by atoms with Crippen LogP contribution in [-0.4, -0.2) is 39.4 Å². The average Bonchev–Trinajstić information content (AvgIpc) is 2.38. The molecular formula is C12H17ClN2O4S. The average molecular weight is 321 g/mol. The lowest BCUT2D eigenvalue weighted by Crippen LogP contribution is -2.34. The Kier molecular flexibility index (Phi) is 5.79. The first-order valence-electron chi connectivity index (χ1n) is 5.83. The Labute approximate surface area is 123 Å². The van der Waals surface area contributed by atoms with Gasteiger partial charge in [-0.2, -0.15) is 12.7 Å². The number of ether oxygens (including phenoxy) is 1. The van der Waals surface area contributed by atoms with Crippen LogP contribution in [0, 0.1) is 6.92 Å². The highest BCUT2D eigenvalue weighted by Gasteiger charge is 2.19. The number of nitrogens with one attached hydrogen (secondary N) is 1. The van der Waals surface area contributed by atoms with Crippen molar-refractivity contribution in [1.82, 2.24) is 4.31 Å². The van der Waals surface area contributed by atoms with E-state index in [0.29, 0.717) is 16.3 Å². The monoisotopic (exact) mass is 320 g/mol. The van der Waals surface area contributed by atoms with Crippen LogP contribution in [0.3, 0.4) is 0 Å². The van der Waals surface area contributed by atoms with E-state index in [1.165, 1.54) is 14.2 Å². The molecule has 0 saturated heterocycles. The SMILES string of the molecule is COC(=O)CCN(C)S(=O)(=O)Nc1ccc(Cl)cc1C. The summed E-state index contributed by atoms with van der Waals surface area (Å²) in [5.41, 5.74) is 1.15. The lowest BCUT2D eigenvalue weighted by Gasteiger charge is -2.18. The molecule has 1 aromatic carbocycles. The van der Waals surface area contributed by atoms with Crippen LogP contribution in [0.15, 0.2) is 18.2 Å². The summed E-state index contributed by atoms with van der Waals surface area (Å²) >= 11 is 5.81. The molecule has 0 bridgehead atoms. The summed E-state index contributed by atoms with van der Waals surface area (Å²) in [4.78, 5) is 11.0. The van der Waals surface area contributed by atoms with E-state index in [9.17, 15) is 13.2 Å². The van der Waals surface area contributed by atoms with Gasteiger partial charge >= 0.3 is 16.2 Å². The van der Waals surface area contributed by atoms with Crippen molar-refractivity contribution in [2.24, 2.45) is 0 Å². The van der Waals surface area contributed by atoms with Gasteiger partial charge in [0.05, 0.1) is 19.2 Å². The molecule has 0 radical (unpaired) electrons. The summed E-state index contributed by atoms with van der Waals surface area (Å²) in [6.07, 6.45) is -0.00644. The fourth-order valence-corrected chi connectivity index (χ4v) is 2.65. The Morgan fingerprint density at radius 1 is 1.45 bits per heavy atom. The Hall–Kier alpha value is -1.31. The summed E-state index contributed by atoms with van der Waals surface area (Å²) in [6, 6.07) is 4.85. The molecule has 0 atom stereocenters. The highest BCUT2D eigenvalue weighted by atomic mass is 35.5. The Morgan fingerprint density at radius 2 is 2.10 bits per heavy atom. The number of hydrogen-bond donors (Lipinski definition) is 1. The molecule has 0 amide bonds. The summed E-state index contributed by atoms with van der Waals surface area (Å²) in [5.74, 6) is -0.463. The third-order valence-corrected chi connectivity index (χ3v) is 4.41. The molecule has 1 rings (SSSR count). The number of halogens is 1. The van der Waals surface area contributed by atoms with E-state index >= 15 is 0 Å². The minimum atomic E-state index is -3.72. The molecule has 1 aromatic rings. The zero-order valence-corrected chi connectivity index (χ0v) is 13.1. The van der Waals surface area contributed by atoms with E-state index in [-0.39, 0.29) is 13.0 Å². The molecule has 0 fully saturated rings. The molecule has 112 valence electrons. The number of nitrogens with zero attached hydrogens (tertiary/aromatic N) is 1. The number of rotatable bonds is 6. The van der Waals surface area contributed by atoms with Crippen molar-refractivity contribution in [3.8, 4) is 0 Å². The number of hydrogen-bond acceptors (Lipinski definition) is 4. The topological polar surface area (TPSA) is 75.7 Å². The second-order valence-electron chi connectivity index (χ2n) is 4.21. The zero-order chi connectivity index (χ0) is 15.3. The van der Waals surface area contributed by atoms with Crippen molar-refractivity contribution in [2.45, 2.75) is 13.3 Å². The lowest BCUT2D eigenvalue weighted by molar-refractivity contribution is -0.140.